The molecule has 3 nitrogen and oxygen atoms in total. The Hall–Kier alpha value is -0.220. The number of likely N-dealkylation sites (tertiary alicyclic amines) is 1. The summed E-state index contributed by atoms with van der Waals surface area (Å²) < 4.78 is 0. The summed E-state index contributed by atoms with van der Waals surface area (Å²) in [6.45, 7) is 2.31. The second-order valence-corrected chi connectivity index (χ2v) is 6.85. The summed E-state index contributed by atoms with van der Waals surface area (Å²) in [5.41, 5.74) is 0. The van der Waals surface area contributed by atoms with Crippen LogP contribution in [0, 0.1) is 0 Å². The molecule has 1 amide bonds. The van der Waals surface area contributed by atoms with Crippen molar-refractivity contribution in [2.75, 3.05) is 25.1 Å². The number of thioether (sulfide) groups is 1. The Balaban J connectivity index is 1.80. The molecule has 1 saturated carbocycles. The van der Waals surface area contributed by atoms with Gasteiger partial charge in [0.2, 0.25) is 5.91 Å². The fourth-order valence-electron chi connectivity index (χ4n) is 3.48. The van der Waals surface area contributed by atoms with E-state index in [1.54, 1.807) is 11.8 Å². The van der Waals surface area contributed by atoms with Gasteiger partial charge < -0.3 is 5.32 Å². The van der Waals surface area contributed by atoms with E-state index in [0.717, 1.165) is 19.0 Å². The Morgan fingerprint density at radius 3 is 2.58 bits per heavy atom. The Kier molecular flexibility index (Phi) is 6.51. The lowest BCUT2D eigenvalue weighted by molar-refractivity contribution is -0.119. The Bertz CT molecular complexity index is 277. The van der Waals surface area contributed by atoms with E-state index in [4.69, 9.17) is 0 Å². The topological polar surface area (TPSA) is 32.3 Å². The Morgan fingerprint density at radius 1 is 1.16 bits per heavy atom. The molecule has 19 heavy (non-hydrogen) atoms. The molecule has 2 fully saturated rings. The van der Waals surface area contributed by atoms with E-state index < -0.39 is 0 Å². The highest BCUT2D eigenvalue weighted by Crippen LogP contribution is 2.24. The van der Waals surface area contributed by atoms with E-state index in [1.807, 2.05) is 6.26 Å². The van der Waals surface area contributed by atoms with Gasteiger partial charge in [0.1, 0.15) is 0 Å². The molecule has 1 aliphatic heterocycles. The zero-order valence-corrected chi connectivity index (χ0v) is 13.0. The molecule has 0 unspecified atom stereocenters. The zero-order valence-electron chi connectivity index (χ0n) is 12.2. The number of hydrogen-bond donors (Lipinski definition) is 1. The first-order valence-corrected chi connectivity index (χ1v) is 9.21. The normalized spacial score (nSPS) is 26.9. The fourth-order valence-corrected chi connectivity index (χ4v) is 3.82. The first-order chi connectivity index (χ1) is 9.29. The molecule has 4 heteroatoms. The van der Waals surface area contributed by atoms with E-state index in [1.165, 1.54) is 51.5 Å². The average Bonchev–Trinajstić information content (AvgIpc) is 2.68. The second kappa shape index (κ2) is 8.15. The van der Waals surface area contributed by atoms with Crippen LogP contribution in [-0.2, 0) is 4.79 Å². The minimum atomic E-state index is 0.209. The van der Waals surface area contributed by atoms with Crippen LogP contribution in [0.15, 0.2) is 0 Å². The quantitative estimate of drug-likeness (QED) is 0.806. The maximum Gasteiger partial charge on any atom is 0.230 e. The van der Waals surface area contributed by atoms with Crippen molar-refractivity contribution >= 4 is 17.7 Å². The van der Waals surface area contributed by atoms with Crippen LogP contribution in [0.25, 0.3) is 0 Å². The average molecular weight is 284 g/mol. The number of carbonyl (C=O) groups is 1. The highest BCUT2D eigenvalue weighted by molar-refractivity contribution is 7.99. The molecular weight excluding hydrogens is 256 g/mol. The van der Waals surface area contributed by atoms with Gasteiger partial charge in [-0.3, -0.25) is 9.69 Å². The molecule has 1 aliphatic carbocycles. The van der Waals surface area contributed by atoms with E-state index >= 15 is 0 Å². The summed E-state index contributed by atoms with van der Waals surface area (Å²) in [6, 6.07) is 1.17. The van der Waals surface area contributed by atoms with Gasteiger partial charge in [0.25, 0.3) is 0 Å². The molecule has 0 radical (unpaired) electrons. The Labute approximate surface area is 121 Å². The molecule has 0 aromatic heterocycles. The fraction of sp³-hybridized carbons (Fsp3) is 0.933. The summed E-state index contributed by atoms with van der Waals surface area (Å²) in [5.74, 6) is 0.806. The molecule has 1 saturated heterocycles. The predicted molar refractivity (Wildman–Crippen MR) is 82.6 cm³/mol. The lowest BCUT2D eigenvalue weighted by atomic mass is 10.00. The number of amides is 1. The van der Waals surface area contributed by atoms with Gasteiger partial charge in [0.15, 0.2) is 0 Å². The maximum atomic E-state index is 11.7. The van der Waals surface area contributed by atoms with Crippen LogP contribution in [0.1, 0.15) is 51.4 Å². The first kappa shape index (κ1) is 15.2. The van der Waals surface area contributed by atoms with Crippen LogP contribution < -0.4 is 5.32 Å². The van der Waals surface area contributed by atoms with Crippen molar-refractivity contribution in [3.63, 3.8) is 0 Å². The van der Waals surface area contributed by atoms with E-state index in [-0.39, 0.29) is 5.91 Å². The van der Waals surface area contributed by atoms with E-state index in [9.17, 15) is 4.79 Å². The van der Waals surface area contributed by atoms with Crippen LogP contribution in [-0.4, -0.2) is 48.0 Å². The minimum Gasteiger partial charge on any atom is -0.351 e. The molecule has 0 aromatic carbocycles. The summed E-state index contributed by atoms with van der Waals surface area (Å²) in [5, 5.41) is 3.20. The van der Waals surface area contributed by atoms with Gasteiger partial charge in [-0.05, 0) is 38.5 Å². The summed E-state index contributed by atoms with van der Waals surface area (Å²) in [4.78, 5) is 14.4. The maximum absolute atomic E-state index is 11.7. The van der Waals surface area contributed by atoms with Crippen molar-refractivity contribution in [3.05, 3.63) is 0 Å². The van der Waals surface area contributed by atoms with Gasteiger partial charge in [-0.15, -0.1) is 0 Å². The summed E-state index contributed by atoms with van der Waals surface area (Å²) in [6.07, 6.45) is 12.7. The van der Waals surface area contributed by atoms with Crippen LogP contribution in [0.2, 0.25) is 0 Å². The van der Waals surface area contributed by atoms with Gasteiger partial charge in [-0.1, -0.05) is 25.7 Å². The molecule has 0 spiro atoms. The number of nitrogens with one attached hydrogen (secondary N) is 1. The van der Waals surface area contributed by atoms with Crippen LogP contribution in [0.5, 0.6) is 0 Å². The Morgan fingerprint density at radius 2 is 1.89 bits per heavy atom. The predicted octanol–water partition coefficient (Wildman–Crippen LogP) is 2.65. The number of carbonyl (C=O) groups excluding carboxylic acids is 1. The van der Waals surface area contributed by atoms with Crippen molar-refractivity contribution in [1.82, 2.24) is 10.2 Å². The minimum absolute atomic E-state index is 0.209. The molecule has 1 atom stereocenters. The first-order valence-electron chi connectivity index (χ1n) is 7.82. The smallest absolute Gasteiger partial charge is 0.230 e. The molecule has 0 aromatic rings. The lowest BCUT2D eigenvalue weighted by Crippen LogP contribution is -2.51. The number of rotatable bonds is 4. The molecule has 0 bridgehead atoms. The highest BCUT2D eigenvalue weighted by Gasteiger charge is 2.26. The van der Waals surface area contributed by atoms with Crippen molar-refractivity contribution in [1.29, 1.82) is 0 Å². The third-order valence-corrected chi connectivity index (χ3v) is 4.99. The van der Waals surface area contributed by atoms with Gasteiger partial charge in [-0.25, -0.2) is 0 Å². The van der Waals surface area contributed by atoms with Gasteiger partial charge in [-0.2, -0.15) is 11.8 Å². The van der Waals surface area contributed by atoms with Gasteiger partial charge in [0.05, 0.1) is 5.75 Å². The van der Waals surface area contributed by atoms with Crippen LogP contribution in [0.4, 0.5) is 0 Å². The third-order valence-electron chi connectivity index (χ3n) is 4.43. The molecule has 1 heterocycles. The standard InChI is InChI=1S/C15H28N2OS/c1-19-12-15(18)16-13-7-6-10-17(11-13)14-8-4-2-3-5-9-14/h13-14H,2-12H2,1H3,(H,16,18)/t13-/m0/s1. The van der Waals surface area contributed by atoms with Crippen molar-refractivity contribution in [2.24, 2.45) is 0 Å². The van der Waals surface area contributed by atoms with E-state index in [0.29, 0.717) is 11.8 Å². The van der Waals surface area contributed by atoms with Gasteiger partial charge in [0, 0.05) is 18.6 Å². The molecule has 110 valence electrons. The second-order valence-electron chi connectivity index (χ2n) is 5.98. The number of hydrogen-bond acceptors (Lipinski definition) is 3. The monoisotopic (exact) mass is 284 g/mol. The highest BCUT2D eigenvalue weighted by atomic mass is 32.2. The molecule has 2 rings (SSSR count). The van der Waals surface area contributed by atoms with E-state index in [2.05, 4.69) is 10.2 Å². The zero-order chi connectivity index (χ0) is 13.5. The van der Waals surface area contributed by atoms with Gasteiger partial charge >= 0.3 is 0 Å². The number of piperidine rings is 1. The molecule has 1 N–H and O–H groups in total. The van der Waals surface area contributed by atoms with Crippen LogP contribution >= 0.6 is 11.8 Å². The number of nitrogens with zero attached hydrogens (tertiary/aromatic N) is 1. The molecule has 2 aliphatic rings. The summed E-state index contributed by atoms with van der Waals surface area (Å²) in [7, 11) is 0. The third kappa shape index (κ3) is 4.99. The largest absolute Gasteiger partial charge is 0.351 e. The lowest BCUT2D eigenvalue weighted by Gasteiger charge is -2.38. The van der Waals surface area contributed by atoms with Crippen molar-refractivity contribution in [2.45, 2.75) is 63.5 Å². The SMILES string of the molecule is CSCC(=O)N[C@H]1CCCN(C2CCCCCC2)C1. The van der Waals surface area contributed by atoms with Crippen molar-refractivity contribution < 1.29 is 4.79 Å². The van der Waals surface area contributed by atoms with Crippen LogP contribution in [0.3, 0.4) is 0 Å². The summed E-state index contributed by atoms with van der Waals surface area (Å²) >= 11 is 1.60. The van der Waals surface area contributed by atoms with Crippen molar-refractivity contribution in [3.8, 4) is 0 Å². The molecular formula is C15H28N2OS.